The molecule has 3 nitrogen and oxygen atoms in total. The van der Waals surface area contributed by atoms with Gasteiger partial charge in [-0.1, -0.05) is 13.8 Å². The lowest BCUT2D eigenvalue weighted by molar-refractivity contribution is -0.00493. The number of ether oxygens (including phenoxy) is 1. The van der Waals surface area contributed by atoms with E-state index in [1.54, 1.807) is 0 Å². The summed E-state index contributed by atoms with van der Waals surface area (Å²) in [5.41, 5.74) is 0.464. The zero-order valence-electron chi connectivity index (χ0n) is 12.2. The maximum atomic E-state index is 5.58. The molecule has 0 aromatic carbocycles. The summed E-state index contributed by atoms with van der Waals surface area (Å²) in [4.78, 5) is 2.71. The van der Waals surface area contributed by atoms with E-state index < -0.39 is 0 Å². The fraction of sp³-hybridized carbons (Fsp3) is 1.00. The number of nitrogens with one attached hydrogen (secondary N) is 1. The summed E-state index contributed by atoms with van der Waals surface area (Å²) in [7, 11) is 0. The summed E-state index contributed by atoms with van der Waals surface area (Å²) < 4.78 is 5.58. The van der Waals surface area contributed by atoms with Crippen molar-refractivity contribution in [2.45, 2.75) is 52.0 Å². The Bertz CT molecular complexity index is 235. The molecule has 1 heterocycles. The maximum absolute atomic E-state index is 5.58. The van der Waals surface area contributed by atoms with Gasteiger partial charge in [0, 0.05) is 32.3 Å². The zero-order valence-corrected chi connectivity index (χ0v) is 12.2. The Labute approximate surface area is 112 Å². The van der Waals surface area contributed by atoms with Gasteiger partial charge in [-0.2, -0.15) is 0 Å². The highest BCUT2D eigenvalue weighted by Crippen LogP contribution is 2.35. The van der Waals surface area contributed by atoms with Crippen molar-refractivity contribution in [1.82, 2.24) is 10.2 Å². The minimum absolute atomic E-state index is 0.464. The van der Waals surface area contributed by atoms with Gasteiger partial charge < -0.3 is 15.0 Å². The van der Waals surface area contributed by atoms with Crippen molar-refractivity contribution in [1.29, 1.82) is 0 Å². The van der Waals surface area contributed by atoms with Crippen molar-refractivity contribution in [2.75, 3.05) is 39.4 Å². The Kier molecular flexibility index (Phi) is 5.46. The molecule has 1 saturated heterocycles. The Balaban J connectivity index is 1.89. The van der Waals surface area contributed by atoms with Crippen molar-refractivity contribution in [3.05, 3.63) is 0 Å². The van der Waals surface area contributed by atoms with E-state index in [0.717, 1.165) is 25.8 Å². The standard InChI is InChI=1S/C15H30N2O/c1-3-9-16-12-15(7-10-18-11-8-15)13-17(4-2)14-5-6-14/h14,16H,3-13H2,1-2H3. The third-order valence-electron chi connectivity index (χ3n) is 4.49. The van der Waals surface area contributed by atoms with Crippen LogP contribution in [0.15, 0.2) is 0 Å². The van der Waals surface area contributed by atoms with Gasteiger partial charge in [0.05, 0.1) is 0 Å². The highest BCUT2D eigenvalue weighted by Gasteiger charge is 2.37. The van der Waals surface area contributed by atoms with E-state index in [1.165, 1.54) is 51.7 Å². The molecule has 1 aliphatic heterocycles. The van der Waals surface area contributed by atoms with Gasteiger partial charge in [-0.3, -0.25) is 0 Å². The topological polar surface area (TPSA) is 24.5 Å². The molecule has 0 spiro atoms. The van der Waals surface area contributed by atoms with E-state index in [1.807, 2.05) is 0 Å². The fourth-order valence-electron chi connectivity index (χ4n) is 3.10. The first kappa shape index (κ1) is 14.3. The van der Waals surface area contributed by atoms with E-state index >= 15 is 0 Å². The molecule has 0 aromatic rings. The average molecular weight is 254 g/mol. The van der Waals surface area contributed by atoms with Crippen molar-refractivity contribution in [3.63, 3.8) is 0 Å². The highest BCUT2D eigenvalue weighted by molar-refractivity contribution is 4.92. The van der Waals surface area contributed by atoms with Gasteiger partial charge in [0.2, 0.25) is 0 Å². The molecule has 1 N–H and O–H groups in total. The molecule has 3 heteroatoms. The first-order valence-electron chi connectivity index (χ1n) is 7.82. The minimum atomic E-state index is 0.464. The van der Waals surface area contributed by atoms with Gasteiger partial charge in [0.25, 0.3) is 0 Å². The SMILES string of the molecule is CCCNCC1(CN(CC)C2CC2)CCOCC1. The smallest absolute Gasteiger partial charge is 0.0472 e. The van der Waals surface area contributed by atoms with Crippen LogP contribution in [0.3, 0.4) is 0 Å². The van der Waals surface area contributed by atoms with Gasteiger partial charge >= 0.3 is 0 Å². The predicted molar refractivity (Wildman–Crippen MR) is 75.9 cm³/mol. The molecule has 0 bridgehead atoms. The molecule has 1 aliphatic carbocycles. The van der Waals surface area contributed by atoms with Crippen LogP contribution in [0.4, 0.5) is 0 Å². The van der Waals surface area contributed by atoms with E-state index in [4.69, 9.17) is 4.74 Å². The van der Waals surface area contributed by atoms with Crippen LogP contribution in [-0.4, -0.2) is 50.3 Å². The second kappa shape index (κ2) is 6.88. The second-order valence-electron chi connectivity index (χ2n) is 6.08. The monoisotopic (exact) mass is 254 g/mol. The average Bonchev–Trinajstić information content (AvgIpc) is 3.22. The number of nitrogens with zero attached hydrogens (tertiary/aromatic N) is 1. The zero-order chi connectivity index (χ0) is 12.8. The van der Waals surface area contributed by atoms with Crippen LogP contribution in [0, 0.1) is 5.41 Å². The largest absolute Gasteiger partial charge is 0.381 e. The van der Waals surface area contributed by atoms with Crippen LogP contribution >= 0.6 is 0 Å². The van der Waals surface area contributed by atoms with Crippen LogP contribution < -0.4 is 5.32 Å². The van der Waals surface area contributed by atoms with Gasteiger partial charge in [-0.05, 0) is 50.6 Å². The van der Waals surface area contributed by atoms with Crippen molar-refractivity contribution in [2.24, 2.45) is 5.41 Å². The number of rotatable bonds is 8. The molecule has 106 valence electrons. The molecular formula is C15H30N2O. The minimum Gasteiger partial charge on any atom is -0.381 e. The third-order valence-corrected chi connectivity index (χ3v) is 4.49. The van der Waals surface area contributed by atoms with Crippen molar-refractivity contribution >= 4 is 0 Å². The molecule has 0 atom stereocenters. The van der Waals surface area contributed by atoms with E-state index in [0.29, 0.717) is 5.41 Å². The van der Waals surface area contributed by atoms with Crippen LogP contribution in [0.2, 0.25) is 0 Å². The Morgan fingerprint density at radius 3 is 2.50 bits per heavy atom. The van der Waals surface area contributed by atoms with Crippen LogP contribution in [0.1, 0.15) is 46.0 Å². The van der Waals surface area contributed by atoms with E-state index in [9.17, 15) is 0 Å². The third kappa shape index (κ3) is 3.94. The maximum Gasteiger partial charge on any atom is 0.0472 e. The summed E-state index contributed by atoms with van der Waals surface area (Å²) in [6.45, 7) is 11.3. The van der Waals surface area contributed by atoms with Crippen LogP contribution in [0.25, 0.3) is 0 Å². The van der Waals surface area contributed by atoms with Crippen molar-refractivity contribution in [3.8, 4) is 0 Å². The lowest BCUT2D eigenvalue weighted by Crippen LogP contribution is -2.48. The summed E-state index contributed by atoms with van der Waals surface area (Å²) in [6, 6.07) is 0.890. The Morgan fingerprint density at radius 2 is 1.94 bits per heavy atom. The summed E-state index contributed by atoms with van der Waals surface area (Å²) in [5.74, 6) is 0. The molecule has 1 saturated carbocycles. The normalized spacial score (nSPS) is 23.5. The summed E-state index contributed by atoms with van der Waals surface area (Å²) >= 11 is 0. The second-order valence-corrected chi connectivity index (χ2v) is 6.08. The molecule has 0 radical (unpaired) electrons. The predicted octanol–water partition coefficient (Wildman–Crippen LogP) is 2.27. The van der Waals surface area contributed by atoms with Crippen LogP contribution in [-0.2, 0) is 4.74 Å². The number of hydrogen-bond donors (Lipinski definition) is 1. The van der Waals surface area contributed by atoms with Gasteiger partial charge in [-0.25, -0.2) is 0 Å². The summed E-state index contributed by atoms with van der Waals surface area (Å²) in [6.07, 6.45) is 6.53. The fourth-order valence-corrected chi connectivity index (χ4v) is 3.10. The molecule has 2 fully saturated rings. The molecule has 18 heavy (non-hydrogen) atoms. The summed E-state index contributed by atoms with van der Waals surface area (Å²) in [5, 5.41) is 3.65. The van der Waals surface area contributed by atoms with E-state index in [-0.39, 0.29) is 0 Å². The van der Waals surface area contributed by atoms with Gasteiger partial charge in [0.1, 0.15) is 0 Å². The molecule has 2 aliphatic rings. The molecule has 0 amide bonds. The Hall–Kier alpha value is -0.120. The van der Waals surface area contributed by atoms with Gasteiger partial charge in [0.15, 0.2) is 0 Å². The van der Waals surface area contributed by atoms with Gasteiger partial charge in [-0.15, -0.1) is 0 Å². The first-order valence-corrected chi connectivity index (χ1v) is 7.82. The highest BCUT2D eigenvalue weighted by atomic mass is 16.5. The van der Waals surface area contributed by atoms with Crippen LogP contribution in [0.5, 0.6) is 0 Å². The molecule has 0 aromatic heterocycles. The lowest BCUT2D eigenvalue weighted by atomic mass is 9.79. The molecule has 2 rings (SSSR count). The lowest BCUT2D eigenvalue weighted by Gasteiger charge is -2.41. The molecule has 0 unspecified atom stereocenters. The Morgan fingerprint density at radius 1 is 1.22 bits per heavy atom. The van der Waals surface area contributed by atoms with E-state index in [2.05, 4.69) is 24.1 Å². The molecular weight excluding hydrogens is 224 g/mol. The first-order chi connectivity index (χ1) is 8.79. The quantitative estimate of drug-likeness (QED) is 0.673. The van der Waals surface area contributed by atoms with Crippen molar-refractivity contribution < 1.29 is 4.74 Å². The number of hydrogen-bond acceptors (Lipinski definition) is 3.